The van der Waals surface area contributed by atoms with Crippen LogP contribution in [0.2, 0.25) is 0 Å². The standard InChI is InChI=1S/C29H27N3O5S/c1-15(2)18-13-17(9-10-21(18)36-4)26(33)24-25(19-8-6-7-11-30-19)32(28(35)27(24)34)29-31-20-12-16(3)22(37-5)14-23(20)38-29/h6-15,25,33H,1-5H3/b26-24+. The van der Waals surface area contributed by atoms with Crippen LogP contribution in [0.15, 0.2) is 60.3 Å². The van der Waals surface area contributed by atoms with E-state index in [0.29, 0.717) is 33.4 Å². The lowest BCUT2D eigenvalue weighted by molar-refractivity contribution is -0.132. The number of ether oxygens (including phenoxy) is 2. The fraction of sp³-hybridized carbons (Fsp3) is 0.241. The minimum Gasteiger partial charge on any atom is -0.507 e. The predicted octanol–water partition coefficient (Wildman–Crippen LogP) is 5.77. The summed E-state index contributed by atoms with van der Waals surface area (Å²) in [5.41, 5.74) is 3.27. The summed E-state index contributed by atoms with van der Waals surface area (Å²) >= 11 is 1.27. The zero-order valence-electron chi connectivity index (χ0n) is 21.7. The lowest BCUT2D eigenvalue weighted by Gasteiger charge is -2.22. The van der Waals surface area contributed by atoms with Gasteiger partial charge in [0.25, 0.3) is 5.78 Å². The fourth-order valence-electron chi connectivity index (χ4n) is 4.71. The molecule has 2 aromatic heterocycles. The average Bonchev–Trinajstić information content (AvgIpc) is 3.44. The molecule has 4 aromatic rings. The summed E-state index contributed by atoms with van der Waals surface area (Å²) < 4.78 is 11.7. The highest BCUT2D eigenvalue weighted by Crippen LogP contribution is 2.44. The second-order valence-corrected chi connectivity index (χ2v) is 10.3. The van der Waals surface area contributed by atoms with Crippen LogP contribution in [0.3, 0.4) is 0 Å². The number of ketones is 1. The minimum absolute atomic E-state index is 0.0402. The molecule has 1 aliphatic rings. The molecule has 1 atom stereocenters. The van der Waals surface area contributed by atoms with Crippen LogP contribution in [-0.2, 0) is 9.59 Å². The number of aliphatic hydroxyl groups is 1. The first-order valence-corrected chi connectivity index (χ1v) is 12.9. The first-order chi connectivity index (χ1) is 18.2. The summed E-state index contributed by atoms with van der Waals surface area (Å²) in [6.07, 6.45) is 1.59. The largest absolute Gasteiger partial charge is 0.507 e. The Morgan fingerprint density at radius 1 is 1.05 bits per heavy atom. The highest BCUT2D eigenvalue weighted by Gasteiger charge is 2.49. The van der Waals surface area contributed by atoms with Gasteiger partial charge in [-0.25, -0.2) is 4.98 Å². The van der Waals surface area contributed by atoms with Crippen molar-refractivity contribution in [2.75, 3.05) is 19.1 Å². The van der Waals surface area contributed by atoms with Crippen LogP contribution in [0, 0.1) is 6.92 Å². The number of aliphatic hydroxyl groups excluding tert-OH is 1. The van der Waals surface area contributed by atoms with Gasteiger partial charge in [0, 0.05) is 11.8 Å². The van der Waals surface area contributed by atoms with E-state index in [4.69, 9.17) is 9.47 Å². The van der Waals surface area contributed by atoms with Crippen molar-refractivity contribution in [3.05, 3.63) is 82.7 Å². The Kier molecular flexibility index (Phi) is 6.62. The van der Waals surface area contributed by atoms with E-state index in [1.165, 1.54) is 16.2 Å². The number of pyridine rings is 1. The maximum atomic E-state index is 13.5. The Balaban J connectivity index is 1.71. The van der Waals surface area contributed by atoms with Crippen molar-refractivity contribution in [1.29, 1.82) is 0 Å². The van der Waals surface area contributed by atoms with Crippen molar-refractivity contribution in [1.82, 2.24) is 9.97 Å². The van der Waals surface area contributed by atoms with Gasteiger partial charge in [0.05, 0.1) is 35.7 Å². The molecular weight excluding hydrogens is 502 g/mol. The molecule has 9 heteroatoms. The van der Waals surface area contributed by atoms with Gasteiger partial charge in [-0.3, -0.25) is 19.5 Å². The topological polar surface area (TPSA) is 102 Å². The molecule has 1 fully saturated rings. The van der Waals surface area contributed by atoms with E-state index in [9.17, 15) is 14.7 Å². The van der Waals surface area contributed by atoms with Crippen molar-refractivity contribution in [3.8, 4) is 11.5 Å². The molecule has 0 radical (unpaired) electrons. The lowest BCUT2D eigenvalue weighted by Crippen LogP contribution is -2.29. The summed E-state index contributed by atoms with van der Waals surface area (Å²) in [7, 11) is 3.18. The third-order valence-corrected chi connectivity index (χ3v) is 7.65. The van der Waals surface area contributed by atoms with E-state index in [1.54, 1.807) is 56.8 Å². The smallest absolute Gasteiger partial charge is 0.301 e. The maximum absolute atomic E-state index is 13.5. The molecule has 5 rings (SSSR count). The van der Waals surface area contributed by atoms with Crippen molar-refractivity contribution in [2.45, 2.75) is 32.7 Å². The van der Waals surface area contributed by atoms with Crippen molar-refractivity contribution in [2.24, 2.45) is 0 Å². The fourth-order valence-corrected chi connectivity index (χ4v) is 5.71. The van der Waals surface area contributed by atoms with E-state index >= 15 is 0 Å². The van der Waals surface area contributed by atoms with Crippen LogP contribution in [-0.4, -0.2) is 41.0 Å². The van der Waals surface area contributed by atoms with Gasteiger partial charge in [-0.1, -0.05) is 31.3 Å². The zero-order valence-corrected chi connectivity index (χ0v) is 22.5. The Bertz CT molecular complexity index is 1590. The monoisotopic (exact) mass is 529 g/mol. The first-order valence-electron chi connectivity index (χ1n) is 12.1. The first kappa shape index (κ1) is 25.4. The highest BCUT2D eigenvalue weighted by atomic mass is 32.1. The number of methoxy groups -OCH3 is 2. The molecule has 1 unspecified atom stereocenters. The van der Waals surface area contributed by atoms with Gasteiger partial charge in [-0.05, 0) is 66.4 Å². The number of nitrogens with zero attached hydrogens (tertiary/aromatic N) is 3. The Labute approximate surface area is 224 Å². The molecule has 0 aliphatic carbocycles. The molecule has 1 amide bonds. The number of rotatable bonds is 6. The van der Waals surface area contributed by atoms with Gasteiger partial charge in [0.2, 0.25) is 0 Å². The van der Waals surface area contributed by atoms with Crippen LogP contribution < -0.4 is 14.4 Å². The quantitative estimate of drug-likeness (QED) is 0.192. The summed E-state index contributed by atoms with van der Waals surface area (Å²) in [6.45, 7) is 5.94. The van der Waals surface area contributed by atoms with Crippen LogP contribution in [0.25, 0.3) is 16.0 Å². The van der Waals surface area contributed by atoms with Gasteiger partial charge >= 0.3 is 5.91 Å². The number of hydrogen-bond acceptors (Lipinski definition) is 8. The molecular formula is C29H27N3O5S. The van der Waals surface area contributed by atoms with Crippen LogP contribution in [0.4, 0.5) is 5.13 Å². The number of Topliss-reactive ketones (excluding diaryl/α,β-unsaturated/α-hetero) is 1. The highest BCUT2D eigenvalue weighted by molar-refractivity contribution is 7.22. The Morgan fingerprint density at radius 3 is 2.47 bits per heavy atom. The van der Waals surface area contributed by atoms with E-state index in [2.05, 4.69) is 9.97 Å². The number of fused-ring (bicyclic) bond motifs is 1. The summed E-state index contributed by atoms with van der Waals surface area (Å²) in [5, 5.41) is 11.8. The predicted molar refractivity (Wildman–Crippen MR) is 147 cm³/mol. The molecule has 38 heavy (non-hydrogen) atoms. The van der Waals surface area contributed by atoms with Crippen LogP contribution in [0.5, 0.6) is 11.5 Å². The number of anilines is 1. The molecule has 0 saturated carbocycles. The molecule has 8 nitrogen and oxygen atoms in total. The molecule has 0 spiro atoms. The summed E-state index contributed by atoms with van der Waals surface area (Å²) in [4.78, 5) is 37.5. The van der Waals surface area contributed by atoms with E-state index in [1.807, 2.05) is 32.9 Å². The van der Waals surface area contributed by atoms with E-state index in [0.717, 1.165) is 15.8 Å². The van der Waals surface area contributed by atoms with E-state index in [-0.39, 0.29) is 17.3 Å². The van der Waals surface area contributed by atoms with E-state index < -0.39 is 17.7 Å². The van der Waals surface area contributed by atoms with Gasteiger partial charge in [0.1, 0.15) is 23.3 Å². The maximum Gasteiger partial charge on any atom is 0.301 e. The number of aromatic nitrogens is 2. The van der Waals surface area contributed by atoms with Crippen LogP contribution in [0.1, 0.15) is 48.2 Å². The molecule has 0 bridgehead atoms. The molecule has 2 aromatic carbocycles. The van der Waals surface area contributed by atoms with Crippen molar-refractivity contribution in [3.63, 3.8) is 0 Å². The number of carbonyl (C=O) groups excluding carboxylic acids is 2. The summed E-state index contributed by atoms with van der Waals surface area (Å²) in [6, 6.07) is 13.3. The van der Waals surface area contributed by atoms with Gasteiger partial charge in [-0.15, -0.1) is 0 Å². The number of thiazole rings is 1. The molecule has 194 valence electrons. The number of aryl methyl sites for hydroxylation is 1. The van der Waals surface area contributed by atoms with Crippen molar-refractivity contribution < 1.29 is 24.2 Å². The third kappa shape index (κ3) is 4.18. The second kappa shape index (κ2) is 9.90. The van der Waals surface area contributed by atoms with Gasteiger partial charge < -0.3 is 14.6 Å². The molecule has 1 N–H and O–H groups in total. The second-order valence-electron chi connectivity index (χ2n) is 9.32. The molecule has 1 aliphatic heterocycles. The SMILES string of the molecule is COc1cc2sc(N3C(=O)C(=O)/C(=C(/O)c4ccc(OC)c(C(C)C)c4)C3c3ccccn3)nc2cc1C. The summed E-state index contributed by atoms with van der Waals surface area (Å²) in [5.74, 6) is -0.356. The van der Waals surface area contributed by atoms with Crippen molar-refractivity contribution >= 4 is 44.1 Å². The Hall–Kier alpha value is -4.24. The Morgan fingerprint density at radius 2 is 1.82 bits per heavy atom. The van der Waals surface area contributed by atoms with Gasteiger partial charge in [0.15, 0.2) is 5.13 Å². The minimum atomic E-state index is -0.954. The molecule has 3 heterocycles. The number of amides is 1. The van der Waals surface area contributed by atoms with Crippen LogP contribution >= 0.6 is 11.3 Å². The average molecular weight is 530 g/mol. The zero-order chi connectivity index (χ0) is 27.1. The number of benzene rings is 2. The van der Waals surface area contributed by atoms with Gasteiger partial charge in [-0.2, -0.15) is 0 Å². The third-order valence-electron chi connectivity index (χ3n) is 6.64. The lowest BCUT2D eigenvalue weighted by atomic mass is 9.94. The number of hydrogen-bond donors (Lipinski definition) is 1. The molecule has 1 saturated heterocycles. The number of carbonyl (C=O) groups is 2. The normalized spacial score (nSPS) is 17.0.